The molecular weight excluding hydrogens is 152 g/mol. The van der Waals surface area contributed by atoms with Crippen LogP contribution in [-0.4, -0.2) is 25.2 Å². The van der Waals surface area contributed by atoms with Gasteiger partial charge in [0.15, 0.2) is 0 Å². The molecule has 0 atom stereocenters. The van der Waals surface area contributed by atoms with Crippen molar-refractivity contribution in [2.45, 2.75) is 39.7 Å². The van der Waals surface area contributed by atoms with Crippen molar-refractivity contribution in [3.63, 3.8) is 0 Å². The van der Waals surface area contributed by atoms with Crippen LogP contribution in [0.5, 0.6) is 0 Å². The number of amidine groups is 1. The summed E-state index contributed by atoms with van der Waals surface area (Å²) in [6.07, 6.45) is 1.25. The molecule has 0 bridgehead atoms. The van der Waals surface area contributed by atoms with Gasteiger partial charge in [0, 0.05) is 7.05 Å². The van der Waals surface area contributed by atoms with Gasteiger partial charge in [0.25, 0.3) is 6.02 Å². The number of rotatable bonds is 0. The Kier molecular flexibility index (Phi) is 4.71. The molecule has 0 unspecified atom stereocenters. The maximum Gasteiger partial charge on any atom is 0.284 e. The van der Waals surface area contributed by atoms with Gasteiger partial charge >= 0.3 is 0 Å². The molecule has 1 aliphatic rings. The van der Waals surface area contributed by atoms with E-state index in [1.807, 2.05) is 0 Å². The molecule has 1 N–H and O–H groups in total. The lowest BCUT2D eigenvalue weighted by atomic mass is 10.1. The monoisotopic (exact) mass is 172 g/mol. The summed E-state index contributed by atoms with van der Waals surface area (Å²) in [4.78, 5) is 3.87. The van der Waals surface area contributed by atoms with Gasteiger partial charge in [0.2, 0.25) is 0 Å². The average Bonchev–Trinajstić information content (AvgIpc) is 2.32. The molecule has 0 aromatic heterocycles. The average molecular weight is 172 g/mol. The molecule has 0 radical (unpaired) electrons. The first kappa shape index (κ1) is 11.3. The van der Waals surface area contributed by atoms with Crippen molar-refractivity contribution in [3.8, 4) is 0 Å². The zero-order chi connectivity index (χ0) is 9.61. The Morgan fingerprint density at radius 2 is 2.00 bits per heavy atom. The summed E-state index contributed by atoms with van der Waals surface area (Å²) in [6.45, 7) is 9.11. The quantitative estimate of drug-likeness (QED) is 0.604. The van der Waals surface area contributed by atoms with Crippen molar-refractivity contribution in [1.82, 2.24) is 5.32 Å². The standard InChI is InChI=1S/C6H12N2O.C3H8/c1-6(2)4-9-5(7-3)8-6;1-3-2/h4H2,1-3H3,(H,7,8);3H2,1-2H3. The maximum atomic E-state index is 5.16. The molecular formula is C9H20N2O. The van der Waals surface area contributed by atoms with E-state index in [0.29, 0.717) is 12.6 Å². The topological polar surface area (TPSA) is 33.6 Å². The summed E-state index contributed by atoms with van der Waals surface area (Å²) in [5.74, 6) is 0. The Hall–Kier alpha value is -0.730. The van der Waals surface area contributed by atoms with E-state index in [2.05, 4.69) is 38.0 Å². The summed E-state index contributed by atoms with van der Waals surface area (Å²) < 4.78 is 5.16. The van der Waals surface area contributed by atoms with E-state index in [-0.39, 0.29) is 5.54 Å². The van der Waals surface area contributed by atoms with Gasteiger partial charge in [-0.2, -0.15) is 0 Å². The van der Waals surface area contributed by atoms with E-state index >= 15 is 0 Å². The zero-order valence-electron chi connectivity index (χ0n) is 8.77. The van der Waals surface area contributed by atoms with Crippen LogP contribution in [0.3, 0.4) is 0 Å². The number of ether oxygens (including phenoxy) is 1. The predicted molar refractivity (Wildman–Crippen MR) is 52.5 cm³/mol. The SMILES string of the molecule is CCC.CN=C1NC(C)(C)CO1. The summed E-state index contributed by atoms with van der Waals surface area (Å²) in [6, 6.07) is 0.653. The third-order valence-corrected chi connectivity index (χ3v) is 1.22. The second-order valence-electron chi connectivity index (χ2n) is 3.53. The molecule has 1 fully saturated rings. The van der Waals surface area contributed by atoms with Crippen molar-refractivity contribution in [2.24, 2.45) is 4.99 Å². The van der Waals surface area contributed by atoms with Crippen molar-refractivity contribution in [3.05, 3.63) is 0 Å². The third kappa shape index (κ3) is 4.21. The molecule has 3 heteroatoms. The predicted octanol–water partition coefficient (Wildman–Crippen LogP) is 1.79. The molecule has 0 aliphatic carbocycles. The van der Waals surface area contributed by atoms with Crippen molar-refractivity contribution in [1.29, 1.82) is 0 Å². The van der Waals surface area contributed by atoms with Crippen molar-refractivity contribution in [2.75, 3.05) is 13.7 Å². The Balaban J connectivity index is 0.000000354. The lowest BCUT2D eigenvalue weighted by molar-refractivity contribution is 0.288. The van der Waals surface area contributed by atoms with Gasteiger partial charge in [-0.05, 0) is 13.8 Å². The largest absolute Gasteiger partial charge is 0.463 e. The first-order valence-electron chi connectivity index (χ1n) is 4.43. The number of aliphatic imine (C=N–C) groups is 1. The van der Waals surface area contributed by atoms with Crippen LogP contribution >= 0.6 is 0 Å². The van der Waals surface area contributed by atoms with Gasteiger partial charge in [0.1, 0.15) is 6.61 Å². The lowest BCUT2D eigenvalue weighted by Crippen LogP contribution is -2.36. The van der Waals surface area contributed by atoms with E-state index < -0.39 is 0 Å². The smallest absolute Gasteiger partial charge is 0.284 e. The molecule has 0 amide bonds. The van der Waals surface area contributed by atoms with Crippen LogP contribution in [0.25, 0.3) is 0 Å². The maximum absolute atomic E-state index is 5.16. The van der Waals surface area contributed by atoms with E-state index in [9.17, 15) is 0 Å². The normalized spacial score (nSPS) is 22.2. The Morgan fingerprint density at radius 1 is 1.50 bits per heavy atom. The zero-order valence-corrected chi connectivity index (χ0v) is 8.77. The third-order valence-electron chi connectivity index (χ3n) is 1.22. The Labute approximate surface area is 75.2 Å². The van der Waals surface area contributed by atoms with Gasteiger partial charge in [-0.25, -0.2) is 4.99 Å². The first-order chi connectivity index (χ1) is 5.55. The summed E-state index contributed by atoms with van der Waals surface area (Å²) in [5.41, 5.74) is 0.0643. The second kappa shape index (κ2) is 5.01. The Bertz CT molecular complexity index is 153. The highest BCUT2D eigenvalue weighted by Crippen LogP contribution is 2.09. The van der Waals surface area contributed by atoms with Gasteiger partial charge in [-0.3, -0.25) is 0 Å². The summed E-state index contributed by atoms with van der Waals surface area (Å²) in [5, 5.41) is 3.11. The number of nitrogens with zero attached hydrogens (tertiary/aromatic N) is 1. The lowest BCUT2D eigenvalue weighted by Gasteiger charge is -2.12. The molecule has 0 aromatic carbocycles. The highest BCUT2D eigenvalue weighted by molar-refractivity contribution is 5.76. The van der Waals surface area contributed by atoms with Crippen molar-refractivity contribution >= 4 is 6.02 Å². The molecule has 1 rings (SSSR count). The first-order valence-corrected chi connectivity index (χ1v) is 4.43. The minimum absolute atomic E-state index is 0.0643. The Morgan fingerprint density at radius 3 is 2.17 bits per heavy atom. The van der Waals surface area contributed by atoms with Gasteiger partial charge in [0.05, 0.1) is 5.54 Å². The molecule has 0 spiro atoms. The molecule has 1 saturated heterocycles. The molecule has 0 aromatic rings. The van der Waals surface area contributed by atoms with Crippen LogP contribution in [-0.2, 0) is 4.74 Å². The van der Waals surface area contributed by atoms with Crippen LogP contribution in [0.15, 0.2) is 4.99 Å². The fraction of sp³-hybridized carbons (Fsp3) is 0.889. The molecule has 0 saturated carbocycles. The molecule has 72 valence electrons. The molecule has 1 aliphatic heterocycles. The van der Waals surface area contributed by atoms with E-state index in [0.717, 1.165) is 0 Å². The molecule has 12 heavy (non-hydrogen) atoms. The van der Waals surface area contributed by atoms with Crippen molar-refractivity contribution < 1.29 is 4.74 Å². The number of hydrogen-bond acceptors (Lipinski definition) is 2. The van der Waals surface area contributed by atoms with Gasteiger partial charge in [-0.1, -0.05) is 20.3 Å². The van der Waals surface area contributed by atoms with Crippen LogP contribution < -0.4 is 5.32 Å². The van der Waals surface area contributed by atoms with Crippen LogP contribution in [0.1, 0.15) is 34.1 Å². The van der Waals surface area contributed by atoms with Crippen LogP contribution in [0.4, 0.5) is 0 Å². The summed E-state index contributed by atoms with van der Waals surface area (Å²) in [7, 11) is 1.71. The minimum Gasteiger partial charge on any atom is -0.463 e. The minimum atomic E-state index is 0.0643. The summed E-state index contributed by atoms with van der Waals surface area (Å²) >= 11 is 0. The highest BCUT2D eigenvalue weighted by Gasteiger charge is 2.27. The number of hydrogen-bond donors (Lipinski definition) is 1. The van der Waals surface area contributed by atoms with E-state index in [1.54, 1.807) is 7.05 Å². The molecule has 3 nitrogen and oxygen atoms in total. The van der Waals surface area contributed by atoms with Gasteiger partial charge in [-0.15, -0.1) is 0 Å². The van der Waals surface area contributed by atoms with Gasteiger partial charge < -0.3 is 10.1 Å². The number of nitrogens with one attached hydrogen (secondary N) is 1. The fourth-order valence-corrected chi connectivity index (χ4v) is 0.731. The van der Waals surface area contributed by atoms with E-state index in [4.69, 9.17) is 4.74 Å². The van der Waals surface area contributed by atoms with Crippen LogP contribution in [0, 0.1) is 0 Å². The highest BCUT2D eigenvalue weighted by atomic mass is 16.5. The van der Waals surface area contributed by atoms with E-state index in [1.165, 1.54) is 6.42 Å². The van der Waals surface area contributed by atoms with Crippen LogP contribution in [0.2, 0.25) is 0 Å². The second-order valence-corrected chi connectivity index (χ2v) is 3.53. The molecule has 1 heterocycles. The fourth-order valence-electron chi connectivity index (χ4n) is 0.731.